The molecule has 0 bridgehead atoms. The Kier molecular flexibility index (Phi) is 4.20. The fraction of sp³-hybridized carbons (Fsp3) is 0.318. The lowest BCUT2D eigenvalue weighted by Crippen LogP contribution is -2.50. The van der Waals surface area contributed by atoms with Crippen LogP contribution >= 0.6 is 0 Å². The molecule has 1 amide bonds. The molecule has 2 atom stereocenters. The summed E-state index contributed by atoms with van der Waals surface area (Å²) in [4.78, 5) is 16.3. The van der Waals surface area contributed by atoms with Crippen molar-refractivity contribution in [2.45, 2.75) is 31.8 Å². The second-order valence-corrected chi connectivity index (χ2v) is 7.32. The second kappa shape index (κ2) is 6.87. The number of aromatic amines is 1. The van der Waals surface area contributed by atoms with Gasteiger partial charge in [0.1, 0.15) is 0 Å². The van der Waals surface area contributed by atoms with Crippen molar-refractivity contribution >= 4 is 16.8 Å². The van der Waals surface area contributed by atoms with E-state index in [-0.39, 0.29) is 24.8 Å². The number of aromatic nitrogens is 1. The fourth-order valence-electron chi connectivity index (χ4n) is 4.13. The van der Waals surface area contributed by atoms with Crippen LogP contribution in [0.2, 0.25) is 0 Å². The number of hydrogen-bond donors (Lipinski definition) is 3. The molecule has 0 fully saturated rings. The SMILES string of the molecule is CCCNC(=O)[C@H]1Cc2c([nH]c3ccccc23)[C@@H](c2ccc3c(c2)OCO3)N1. The molecule has 2 aromatic carbocycles. The molecular formula is C22H23N3O3. The number of ether oxygens (including phenoxy) is 2. The number of fused-ring (bicyclic) bond motifs is 4. The average molecular weight is 377 g/mol. The lowest BCUT2D eigenvalue weighted by atomic mass is 9.90. The summed E-state index contributed by atoms with van der Waals surface area (Å²) in [5.74, 6) is 1.55. The lowest BCUT2D eigenvalue weighted by Gasteiger charge is -2.31. The van der Waals surface area contributed by atoms with E-state index in [1.807, 2.05) is 30.3 Å². The minimum Gasteiger partial charge on any atom is -0.454 e. The maximum Gasteiger partial charge on any atom is 0.237 e. The molecule has 0 unspecified atom stereocenters. The zero-order valence-electron chi connectivity index (χ0n) is 15.7. The largest absolute Gasteiger partial charge is 0.454 e. The molecule has 0 radical (unpaired) electrons. The summed E-state index contributed by atoms with van der Waals surface area (Å²) in [6, 6.07) is 13.8. The van der Waals surface area contributed by atoms with Gasteiger partial charge in [-0.2, -0.15) is 0 Å². The van der Waals surface area contributed by atoms with Crippen LogP contribution in [-0.2, 0) is 11.2 Å². The van der Waals surface area contributed by atoms with E-state index >= 15 is 0 Å². The van der Waals surface area contributed by atoms with Gasteiger partial charge in [0.25, 0.3) is 0 Å². The number of H-pyrrole nitrogens is 1. The Morgan fingerprint density at radius 3 is 2.93 bits per heavy atom. The summed E-state index contributed by atoms with van der Waals surface area (Å²) in [5, 5.41) is 7.76. The molecule has 28 heavy (non-hydrogen) atoms. The summed E-state index contributed by atoms with van der Waals surface area (Å²) in [6.07, 6.45) is 1.58. The number of para-hydroxylation sites is 1. The summed E-state index contributed by atoms with van der Waals surface area (Å²) >= 11 is 0. The number of benzene rings is 2. The van der Waals surface area contributed by atoms with Crippen LogP contribution in [0.1, 0.15) is 36.2 Å². The van der Waals surface area contributed by atoms with E-state index in [0.717, 1.165) is 34.7 Å². The van der Waals surface area contributed by atoms with E-state index in [0.29, 0.717) is 13.0 Å². The van der Waals surface area contributed by atoms with Crippen molar-refractivity contribution < 1.29 is 14.3 Å². The van der Waals surface area contributed by atoms with Crippen LogP contribution in [0.25, 0.3) is 10.9 Å². The molecule has 6 nitrogen and oxygen atoms in total. The van der Waals surface area contributed by atoms with Gasteiger partial charge in [0.2, 0.25) is 12.7 Å². The molecule has 0 aliphatic carbocycles. The van der Waals surface area contributed by atoms with Crippen molar-refractivity contribution in [3.05, 3.63) is 59.3 Å². The van der Waals surface area contributed by atoms with Crippen molar-refractivity contribution in [1.29, 1.82) is 0 Å². The Morgan fingerprint density at radius 1 is 1.18 bits per heavy atom. The zero-order chi connectivity index (χ0) is 19.1. The van der Waals surface area contributed by atoms with Crippen LogP contribution in [0.15, 0.2) is 42.5 Å². The Balaban J connectivity index is 1.58. The first kappa shape index (κ1) is 17.1. The third-order valence-corrected chi connectivity index (χ3v) is 5.51. The van der Waals surface area contributed by atoms with Gasteiger partial charge in [0.05, 0.1) is 12.1 Å². The summed E-state index contributed by atoms with van der Waals surface area (Å²) in [6.45, 7) is 2.99. The molecule has 3 heterocycles. The first-order valence-corrected chi connectivity index (χ1v) is 9.77. The van der Waals surface area contributed by atoms with E-state index in [4.69, 9.17) is 9.47 Å². The summed E-state index contributed by atoms with van der Waals surface area (Å²) in [7, 11) is 0. The van der Waals surface area contributed by atoms with E-state index in [1.165, 1.54) is 10.9 Å². The minimum absolute atomic E-state index is 0.0449. The van der Waals surface area contributed by atoms with Gasteiger partial charge in [-0.15, -0.1) is 0 Å². The van der Waals surface area contributed by atoms with Gasteiger partial charge in [-0.1, -0.05) is 31.2 Å². The second-order valence-electron chi connectivity index (χ2n) is 7.32. The number of carbonyl (C=O) groups excluding carboxylic acids is 1. The van der Waals surface area contributed by atoms with Crippen molar-refractivity contribution in [3.63, 3.8) is 0 Å². The quantitative estimate of drug-likeness (QED) is 0.653. The molecule has 2 aliphatic heterocycles. The molecule has 144 valence electrons. The first-order chi connectivity index (χ1) is 13.7. The van der Waals surface area contributed by atoms with E-state index in [1.54, 1.807) is 0 Å². The van der Waals surface area contributed by atoms with Gasteiger partial charge in [-0.25, -0.2) is 0 Å². The third-order valence-electron chi connectivity index (χ3n) is 5.51. The van der Waals surface area contributed by atoms with E-state index in [9.17, 15) is 4.79 Å². The van der Waals surface area contributed by atoms with Crippen LogP contribution in [-0.4, -0.2) is 30.3 Å². The van der Waals surface area contributed by atoms with Crippen LogP contribution in [0.3, 0.4) is 0 Å². The van der Waals surface area contributed by atoms with Crippen LogP contribution in [0, 0.1) is 0 Å². The van der Waals surface area contributed by atoms with E-state index in [2.05, 4.69) is 34.7 Å². The molecule has 1 aromatic heterocycles. The predicted molar refractivity (Wildman–Crippen MR) is 107 cm³/mol. The molecule has 0 spiro atoms. The Hall–Kier alpha value is -2.99. The van der Waals surface area contributed by atoms with Crippen LogP contribution < -0.4 is 20.1 Å². The Labute approximate surface area is 163 Å². The minimum atomic E-state index is -0.284. The monoisotopic (exact) mass is 377 g/mol. The van der Waals surface area contributed by atoms with Gasteiger partial charge in [-0.3, -0.25) is 10.1 Å². The highest BCUT2D eigenvalue weighted by Crippen LogP contribution is 2.39. The first-order valence-electron chi connectivity index (χ1n) is 9.77. The summed E-state index contributed by atoms with van der Waals surface area (Å²) < 4.78 is 11.0. The van der Waals surface area contributed by atoms with Gasteiger partial charge in [-0.05, 0) is 42.2 Å². The normalized spacial score (nSPS) is 20.2. The maximum atomic E-state index is 12.8. The highest BCUT2D eigenvalue weighted by Gasteiger charge is 2.34. The standard InChI is InChI=1S/C22H23N3O3/c1-2-9-23-22(26)17-11-15-14-5-3-4-6-16(14)24-21(15)20(25-17)13-7-8-18-19(10-13)28-12-27-18/h3-8,10,17,20,24-25H,2,9,11-12H2,1H3,(H,23,26)/t17-,20-/m1/s1. The number of hydrogen-bond acceptors (Lipinski definition) is 4. The zero-order valence-corrected chi connectivity index (χ0v) is 15.7. The van der Waals surface area contributed by atoms with Crippen molar-refractivity contribution in [2.24, 2.45) is 0 Å². The van der Waals surface area contributed by atoms with Crippen molar-refractivity contribution in [3.8, 4) is 11.5 Å². The molecule has 3 aromatic rings. The number of amides is 1. The van der Waals surface area contributed by atoms with Crippen LogP contribution in [0.4, 0.5) is 0 Å². The third kappa shape index (κ3) is 2.81. The molecule has 0 saturated carbocycles. The topological polar surface area (TPSA) is 75.4 Å². The van der Waals surface area contributed by atoms with Crippen molar-refractivity contribution in [1.82, 2.24) is 15.6 Å². The van der Waals surface area contributed by atoms with Crippen molar-refractivity contribution in [2.75, 3.05) is 13.3 Å². The number of carbonyl (C=O) groups is 1. The highest BCUT2D eigenvalue weighted by molar-refractivity contribution is 5.88. The summed E-state index contributed by atoms with van der Waals surface area (Å²) in [5.41, 5.74) is 4.45. The molecule has 3 N–H and O–H groups in total. The smallest absolute Gasteiger partial charge is 0.237 e. The van der Waals surface area contributed by atoms with Crippen LogP contribution in [0.5, 0.6) is 11.5 Å². The fourth-order valence-corrected chi connectivity index (χ4v) is 4.13. The highest BCUT2D eigenvalue weighted by atomic mass is 16.7. The van der Waals surface area contributed by atoms with Gasteiger partial charge < -0.3 is 19.8 Å². The lowest BCUT2D eigenvalue weighted by molar-refractivity contribution is -0.123. The number of rotatable bonds is 4. The molecule has 6 heteroatoms. The van der Waals surface area contributed by atoms with Gasteiger partial charge >= 0.3 is 0 Å². The average Bonchev–Trinajstić information content (AvgIpc) is 3.35. The van der Waals surface area contributed by atoms with Gasteiger partial charge in [0, 0.05) is 23.1 Å². The number of nitrogens with one attached hydrogen (secondary N) is 3. The molecule has 5 rings (SSSR count). The Bertz CT molecular complexity index is 1040. The Morgan fingerprint density at radius 2 is 2.04 bits per heavy atom. The predicted octanol–water partition coefficient (Wildman–Crippen LogP) is 3.03. The molecule has 0 saturated heterocycles. The van der Waals surface area contributed by atoms with E-state index < -0.39 is 0 Å². The molecule has 2 aliphatic rings. The molecular weight excluding hydrogens is 354 g/mol. The van der Waals surface area contributed by atoms with Gasteiger partial charge in [0.15, 0.2) is 11.5 Å². The maximum absolute atomic E-state index is 12.8.